The van der Waals surface area contributed by atoms with E-state index in [0.717, 1.165) is 19.6 Å². The highest BCUT2D eigenvalue weighted by atomic mass is 32.2. The zero-order valence-corrected chi connectivity index (χ0v) is 11.2. The molecular weight excluding hydrogens is 226 g/mol. The Hall–Kier alpha value is 0.0300. The maximum Gasteiger partial charge on any atom is 0.0691 e. The highest BCUT2D eigenvalue weighted by Crippen LogP contribution is 2.19. The zero-order chi connectivity index (χ0) is 12.0. The predicted molar refractivity (Wildman–Crippen MR) is 66.2 cm³/mol. The average molecular weight is 249 g/mol. The van der Waals surface area contributed by atoms with Crippen molar-refractivity contribution in [1.82, 2.24) is 5.32 Å². The molecule has 4 nitrogen and oxygen atoms in total. The molecule has 5 heteroatoms. The molecular formula is C11H23NO3S. The Morgan fingerprint density at radius 2 is 2.38 bits per heavy atom. The second-order valence-corrected chi connectivity index (χ2v) is 5.86. The summed E-state index contributed by atoms with van der Waals surface area (Å²) in [6, 6.07) is 0.184. The molecule has 4 atom stereocenters. The molecule has 4 unspecified atom stereocenters. The summed E-state index contributed by atoms with van der Waals surface area (Å²) >= 11 is 0. The highest BCUT2D eigenvalue weighted by molar-refractivity contribution is 7.85. The van der Waals surface area contributed by atoms with Gasteiger partial charge in [-0.1, -0.05) is 6.92 Å². The molecule has 0 aliphatic carbocycles. The van der Waals surface area contributed by atoms with Crippen molar-refractivity contribution >= 4 is 10.8 Å². The van der Waals surface area contributed by atoms with Gasteiger partial charge in [0, 0.05) is 36.3 Å². The molecule has 96 valence electrons. The third kappa shape index (κ3) is 4.13. The van der Waals surface area contributed by atoms with Crippen molar-refractivity contribution in [2.24, 2.45) is 0 Å². The lowest BCUT2D eigenvalue weighted by Crippen LogP contribution is -2.40. The van der Waals surface area contributed by atoms with E-state index >= 15 is 0 Å². The molecule has 16 heavy (non-hydrogen) atoms. The number of hydrogen-bond acceptors (Lipinski definition) is 4. The number of hydrogen-bond donors (Lipinski definition) is 1. The lowest BCUT2D eigenvalue weighted by atomic mass is 10.3. The van der Waals surface area contributed by atoms with Crippen LogP contribution in [0.25, 0.3) is 0 Å². The molecule has 1 aliphatic rings. The molecule has 1 saturated heterocycles. The summed E-state index contributed by atoms with van der Waals surface area (Å²) in [5.41, 5.74) is 0. The van der Waals surface area contributed by atoms with Crippen LogP contribution in [0.15, 0.2) is 0 Å². The van der Waals surface area contributed by atoms with Gasteiger partial charge in [0.2, 0.25) is 0 Å². The highest BCUT2D eigenvalue weighted by Gasteiger charge is 2.30. The van der Waals surface area contributed by atoms with Crippen LogP contribution in [0.1, 0.15) is 20.3 Å². The number of likely N-dealkylation sites (N-methyl/N-ethyl adjacent to an activating group) is 1. The molecule has 0 aromatic carbocycles. The summed E-state index contributed by atoms with van der Waals surface area (Å²) in [5.74, 6) is 0.653. The molecule has 0 radical (unpaired) electrons. The van der Waals surface area contributed by atoms with Crippen molar-refractivity contribution in [2.45, 2.75) is 37.7 Å². The van der Waals surface area contributed by atoms with E-state index in [1.807, 2.05) is 13.8 Å². The summed E-state index contributed by atoms with van der Waals surface area (Å²) in [6.07, 6.45) is 1.05. The summed E-state index contributed by atoms with van der Waals surface area (Å²) in [5, 5.41) is 3.49. The fourth-order valence-electron chi connectivity index (χ4n) is 2.04. The molecule has 1 heterocycles. The standard InChI is InChI=1S/C11H23NO3S/c1-4-12-10(7-14-3)8-16(13)11-5-6-15-9(11)2/h9-12H,4-8H2,1-3H3. The minimum Gasteiger partial charge on any atom is -0.383 e. The Kier molecular flexibility index (Phi) is 6.49. The van der Waals surface area contributed by atoms with Crippen molar-refractivity contribution in [3.8, 4) is 0 Å². The fourth-order valence-corrected chi connectivity index (χ4v) is 3.76. The molecule has 0 saturated carbocycles. The van der Waals surface area contributed by atoms with Crippen molar-refractivity contribution in [1.29, 1.82) is 0 Å². The Balaban J connectivity index is 2.40. The van der Waals surface area contributed by atoms with Crippen LogP contribution in [0.5, 0.6) is 0 Å². The van der Waals surface area contributed by atoms with Gasteiger partial charge in [-0.3, -0.25) is 4.21 Å². The first-order valence-electron chi connectivity index (χ1n) is 5.90. The van der Waals surface area contributed by atoms with E-state index < -0.39 is 10.8 Å². The third-order valence-electron chi connectivity index (χ3n) is 2.87. The number of rotatable bonds is 7. The Morgan fingerprint density at radius 3 is 2.88 bits per heavy atom. The van der Waals surface area contributed by atoms with Gasteiger partial charge in [-0.05, 0) is 19.9 Å². The summed E-state index contributed by atoms with van der Waals surface area (Å²) in [4.78, 5) is 0. The van der Waals surface area contributed by atoms with Gasteiger partial charge in [-0.15, -0.1) is 0 Å². The normalized spacial score (nSPS) is 29.2. The van der Waals surface area contributed by atoms with E-state index in [9.17, 15) is 4.21 Å². The van der Waals surface area contributed by atoms with Crippen molar-refractivity contribution in [3.05, 3.63) is 0 Å². The van der Waals surface area contributed by atoms with Gasteiger partial charge in [0.25, 0.3) is 0 Å². The first-order chi connectivity index (χ1) is 7.69. The van der Waals surface area contributed by atoms with E-state index in [1.54, 1.807) is 7.11 Å². The van der Waals surface area contributed by atoms with Crippen LogP contribution in [0, 0.1) is 0 Å². The minimum atomic E-state index is -0.826. The molecule has 1 rings (SSSR count). The minimum absolute atomic E-state index is 0.130. The topological polar surface area (TPSA) is 47.6 Å². The molecule has 0 bridgehead atoms. The Labute approximate surface area is 101 Å². The second kappa shape index (κ2) is 7.37. The fraction of sp³-hybridized carbons (Fsp3) is 1.00. The van der Waals surface area contributed by atoms with E-state index in [1.165, 1.54) is 0 Å². The second-order valence-electron chi connectivity index (χ2n) is 4.16. The summed E-state index contributed by atoms with van der Waals surface area (Å²) < 4.78 is 22.7. The van der Waals surface area contributed by atoms with Crippen LogP contribution in [0.3, 0.4) is 0 Å². The maximum atomic E-state index is 12.2. The number of ether oxygens (including phenoxy) is 2. The average Bonchev–Trinajstić information content (AvgIpc) is 2.65. The Morgan fingerprint density at radius 1 is 1.62 bits per heavy atom. The molecule has 1 N–H and O–H groups in total. The molecule has 0 aromatic rings. The van der Waals surface area contributed by atoms with Crippen molar-refractivity contribution < 1.29 is 13.7 Å². The third-order valence-corrected chi connectivity index (χ3v) is 4.90. The van der Waals surface area contributed by atoms with Crippen LogP contribution in [0.2, 0.25) is 0 Å². The van der Waals surface area contributed by atoms with Gasteiger partial charge in [0.05, 0.1) is 18.0 Å². The van der Waals surface area contributed by atoms with Crippen LogP contribution >= 0.6 is 0 Å². The smallest absolute Gasteiger partial charge is 0.0691 e. The van der Waals surface area contributed by atoms with Crippen LogP contribution in [-0.4, -0.2) is 54.2 Å². The van der Waals surface area contributed by atoms with E-state index in [2.05, 4.69) is 5.32 Å². The molecule has 0 spiro atoms. The van der Waals surface area contributed by atoms with Gasteiger partial charge >= 0.3 is 0 Å². The van der Waals surface area contributed by atoms with Gasteiger partial charge in [0.1, 0.15) is 0 Å². The summed E-state index contributed by atoms with van der Waals surface area (Å²) in [7, 11) is 0.849. The van der Waals surface area contributed by atoms with E-state index in [0.29, 0.717) is 12.4 Å². The quantitative estimate of drug-likeness (QED) is 0.715. The molecule has 1 fully saturated rings. The van der Waals surface area contributed by atoms with E-state index in [4.69, 9.17) is 9.47 Å². The van der Waals surface area contributed by atoms with E-state index in [-0.39, 0.29) is 17.4 Å². The molecule has 0 amide bonds. The predicted octanol–water partition coefficient (Wildman–Crippen LogP) is 0.537. The molecule has 1 aliphatic heterocycles. The number of nitrogens with one attached hydrogen (secondary N) is 1. The summed E-state index contributed by atoms with van der Waals surface area (Å²) in [6.45, 7) is 6.29. The maximum absolute atomic E-state index is 12.2. The van der Waals surface area contributed by atoms with Gasteiger partial charge in [0.15, 0.2) is 0 Å². The Bertz CT molecular complexity index is 219. The van der Waals surface area contributed by atoms with Crippen LogP contribution in [-0.2, 0) is 20.3 Å². The molecule has 0 aromatic heterocycles. The SMILES string of the molecule is CCNC(COC)CS(=O)C1CCOC1C. The first-order valence-corrected chi connectivity index (χ1v) is 7.28. The van der Waals surface area contributed by atoms with Gasteiger partial charge < -0.3 is 14.8 Å². The largest absolute Gasteiger partial charge is 0.383 e. The van der Waals surface area contributed by atoms with Crippen molar-refractivity contribution in [3.63, 3.8) is 0 Å². The zero-order valence-electron chi connectivity index (χ0n) is 10.4. The van der Waals surface area contributed by atoms with Gasteiger partial charge in [-0.2, -0.15) is 0 Å². The first kappa shape index (κ1) is 14.1. The van der Waals surface area contributed by atoms with Gasteiger partial charge in [-0.25, -0.2) is 0 Å². The lowest BCUT2D eigenvalue weighted by molar-refractivity contribution is 0.126. The number of methoxy groups -OCH3 is 1. The van der Waals surface area contributed by atoms with Crippen molar-refractivity contribution in [2.75, 3.05) is 32.6 Å². The monoisotopic (exact) mass is 249 g/mol. The lowest BCUT2D eigenvalue weighted by Gasteiger charge is -2.20. The van der Waals surface area contributed by atoms with Crippen LogP contribution < -0.4 is 5.32 Å². The van der Waals surface area contributed by atoms with Crippen LogP contribution in [0.4, 0.5) is 0 Å².